The van der Waals surface area contributed by atoms with Crippen LogP contribution in [0.5, 0.6) is 0 Å². The van der Waals surface area contributed by atoms with Gasteiger partial charge in [0.1, 0.15) is 34.4 Å². The van der Waals surface area contributed by atoms with Gasteiger partial charge in [-0.15, -0.1) is 23.1 Å². The number of hydroxylamine groups is 1. The van der Waals surface area contributed by atoms with E-state index >= 15 is 4.39 Å². The Morgan fingerprint density at radius 1 is 1.21 bits per heavy atom. The van der Waals surface area contributed by atoms with E-state index in [1.165, 1.54) is 56.4 Å². The number of nitrogens with zero attached hydrogens (tertiary/aromatic N) is 5. The summed E-state index contributed by atoms with van der Waals surface area (Å²) in [5, 5.41) is 26.6. The molecule has 4 aromatic rings. The predicted molar refractivity (Wildman–Crippen MR) is 194 cm³/mol. The summed E-state index contributed by atoms with van der Waals surface area (Å²) in [6.07, 6.45) is 4.23. The maximum atomic E-state index is 15.5. The summed E-state index contributed by atoms with van der Waals surface area (Å²) in [6.45, 7) is 2.45. The van der Waals surface area contributed by atoms with Crippen molar-refractivity contribution >= 4 is 63.6 Å². The molecular formula is C34H32FN8O11S2+. The van der Waals surface area contributed by atoms with Crippen LogP contribution in [0.15, 0.2) is 79.9 Å². The van der Waals surface area contributed by atoms with Crippen LogP contribution in [-0.4, -0.2) is 89.9 Å². The number of amides is 3. The van der Waals surface area contributed by atoms with Crippen molar-refractivity contribution in [2.75, 3.05) is 18.6 Å². The van der Waals surface area contributed by atoms with Crippen LogP contribution in [0.3, 0.4) is 0 Å². The molecule has 0 bridgehead atoms. The first-order chi connectivity index (χ1) is 26.6. The molecule has 0 unspecified atom stereocenters. The van der Waals surface area contributed by atoms with E-state index in [9.17, 15) is 39.0 Å². The van der Waals surface area contributed by atoms with E-state index in [0.29, 0.717) is 11.1 Å². The Kier molecular flexibility index (Phi) is 11.1. The smallest absolute Gasteiger partial charge is 0.423 e. The average molecular weight is 812 g/mol. The maximum Gasteiger partial charge on any atom is 0.423 e. The Balaban J connectivity index is 1.19. The molecule has 0 radical (unpaired) electrons. The quantitative estimate of drug-likeness (QED) is 0.0511. The molecule has 1 aromatic carbocycles. The highest BCUT2D eigenvalue weighted by Crippen LogP contribution is 2.40. The number of pyridine rings is 1. The van der Waals surface area contributed by atoms with Gasteiger partial charge in [0.2, 0.25) is 5.60 Å². The summed E-state index contributed by atoms with van der Waals surface area (Å²) in [5.74, 6) is -6.25. The van der Waals surface area contributed by atoms with Crippen molar-refractivity contribution in [3.8, 4) is 16.8 Å². The molecule has 292 valence electrons. The number of carboxylic acids is 2. The highest BCUT2D eigenvalue weighted by atomic mass is 32.2. The number of hydrogen-bond acceptors (Lipinski definition) is 14. The van der Waals surface area contributed by atoms with Gasteiger partial charge in [0.25, 0.3) is 17.7 Å². The van der Waals surface area contributed by atoms with Crippen molar-refractivity contribution in [1.82, 2.24) is 25.2 Å². The number of β-lactam (4-membered cyclic amide) rings is 1. The van der Waals surface area contributed by atoms with E-state index in [1.54, 1.807) is 29.1 Å². The van der Waals surface area contributed by atoms with Gasteiger partial charge in [-0.2, -0.15) is 0 Å². The monoisotopic (exact) mass is 811 g/mol. The van der Waals surface area contributed by atoms with E-state index in [2.05, 4.69) is 25.8 Å². The molecule has 22 heteroatoms. The number of benzene rings is 1. The number of anilines is 1. The zero-order valence-corrected chi connectivity index (χ0v) is 31.2. The number of carboxylic acid groups (broad SMARTS) is 2. The summed E-state index contributed by atoms with van der Waals surface area (Å²) < 4.78 is 23.3. The third-order valence-electron chi connectivity index (χ3n) is 8.41. The van der Waals surface area contributed by atoms with E-state index in [4.69, 9.17) is 15.0 Å². The van der Waals surface area contributed by atoms with Crippen LogP contribution in [0.25, 0.3) is 16.8 Å². The topological polar surface area (TPSA) is 262 Å². The number of rotatable bonds is 14. The Bertz CT molecular complexity index is 2390. The van der Waals surface area contributed by atoms with E-state index in [0.717, 1.165) is 26.9 Å². The lowest BCUT2D eigenvalue weighted by Gasteiger charge is -2.49. The van der Waals surface area contributed by atoms with Crippen LogP contribution in [0.1, 0.15) is 25.3 Å². The predicted octanol–water partition coefficient (Wildman–Crippen LogP) is 0.806. The molecule has 2 atom stereocenters. The molecule has 0 saturated carbocycles. The van der Waals surface area contributed by atoms with Crippen LogP contribution in [-0.2, 0) is 46.6 Å². The third-order valence-corrected chi connectivity index (χ3v) is 10.4. The Hall–Kier alpha value is -6.39. The molecule has 1 fully saturated rings. The van der Waals surface area contributed by atoms with Crippen molar-refractivity contribution < 1.29 is 57.2 Å². The second-order valence-corrected chi connectivity index (χ2v) is 14.7. The first kappa shape index (κ1) is 39.3. The number of oxazole rings is 1. The lowest BCUT2D eigenvalue weighted by atomic mass is 10.0. The van der Waals surface area contributed by atoms with Gasteiger partial charge >= 0.3 is 17.7 Å². The number of fused-ring (bicyclic) bond motifs is 1. The van der Waals surface area contributed by atoms with Crippen LogP contribution < -0.4 is 26.9 Å². The number of aliphatic carboxylic acids is 2. The lowest BCUT2D eigenvalue weighted by Crippen LogP contribution is -2.71. The van der Waals surface area contributed by atoms with Gasteiger partial charge < -0.3 is 30.5 Å². The van der Waals surface area contributed by atoms with Gasteiger partial charge in [-0.3, -0.25) is 24.1 Å². The number of nitrogens with one attached hydrogen (secondary N) is 2. The number of nitrogens with two attached hydrogens (primary N) is 1. The number of thiazole rings is 1. The zero-order valence-electron chi connectivity index (χ0n) is 29.5. The first-order valence-electron chi connectivity index (χ1n) is 16.3. The van der Waals surface area contributed by atoms with Gasteiger partial charge in [0, 0.05) is 33.9 Å². The Morgan fingerprint density at radius 2 is 1.98 bits per heavy atom. The molecule has 19 nitrogen and oxygen atoms in total. The van der Waals surface area contributed by atoms with Crippen LogP contribution in [0.4, 0.5) is 9.52 Å². The van der Waals surface area contributed by atoms with Gasteiger partial charge in [-0.05, 0) is 38.1 Å². The van der Waals surface area contributed by atoms with E-state index in [1.807, 2.05) is 0 Å². The normalized spacial score (nSPS) is 16.9. The number of carbonyl (C=O) groups excluding carboxylic acids is 3. The third kappa shape index (κ3) is 8.01. The Labute approximate surface area is 323 Å². The minimum absolute atomic E-state index is 0.0122. The molecule has 2 aliphatic heterocycles. The fraction of sp³-hybridized carbons (Fsp3) is 0.265. The lowest BCUT2D eigenvalue weighted by molar-refractivity contribution is -0.688. The summed E-state index contributed by atoms with van der Waals surface area (Å²) in [6, 6.07) is 6.18. The van der Waals surface area contributed by atoms with Gasteiger partial charge in [0.15, 0.2) is 29.8 Å². The molecule has 0 spiro atoms. The molecule has 0 aliphatic carbocycles. The second-order valence-electron chi connectivity index (χ2n) is 12.7. The fourth-order valence-electron chi connectivity index (χ4n) is 5.66. The summed E-state index contributed by atoms with van der Waals surface area (Å²) in [4.78, 5) is 89.9. The average Bonchev–Trinajstić information content (AvgIpc) is 3.74. The molecule has 6 N–H and O–H groups in total. The summed E-state index contributed by atoms with van der Waals surface area (Å²) in [5.41, 5.74) is 6.38. The van der Waals surface area contributed by atoms with Crippen LogP contribution >= 0.6 is 23.1 Å². The molecule has 3 aromatic heterocycles. The van der Waals surface area contributed by atoms with Gasteiger partial charge in [-0.1, -0.05) is 5.16 Å². The van der Waals surface area contributed by atoms with Crippen molar-refractivity contribution in [3.05, 3.63) is 93.4 Å². The SMILES string of the molecule is CONC(=O)Cc1cn(-c2ccc(-c3ccc[n+](CC4=C(C(=O)O)N5C(=O)[C@@H](NC(=O)/C(=N\OC(C)(C)C(=O)O)c6csc(N)n6)[C@@H]5SC4)c3)c(F)c2)c(=O)o1. The molecule has 3 amide bonds. The standard InChI is InChI=1S/C34H31FN8O11S2/c1-34(2,31(49)50)54-40-24(22-15-56-32(36)37-22)27(45)38-25-28(46)43-26(30(47)48)17(14-55-29(25)43)12-41-8-4-5-16(11-41)20-7-6-18(9-21(20)35)42-13-19(53-33(42)51)10-23(44)39-52-3/h4-9,11,13,15,25,29H,10,12,14H2,1-3H3,(H5-,36,37,38,39,44,45,47,48,49,50)/p+1/b40-24-/t25-,29+/m1/s1. The molecular weight excluding hydrogens is 780 g/mol. The minimum Gasteiger partial charge on any atom is -0.478 e. The molecule has 6 rings (SSSR count). The zero-order chi connectivity index (χ0) is 40.5. The highest BCUT2D eigenvalue weighted by molar-refractivity contribution is 8.00. The first-order valence-corrected chi connectivity index (χ1v) is 18.2. The van der Waals surface area contributed by atoms with Crippen molar-refractivity contribution in [1.29, 1.82) is 0 Å². The molecule has 56 heavy (non-hydrogen) atoms. The number of carbonyl (C=O) groups is 5. The highest BCUT2D eigenvalue weighted by Gasteiger charge is 2.55. The van der Waals surface area contributed by atoms with Crippen LogP contribution in [0, 0.1) is 5.82 Å². The molecule has 2 aliphatic rings. The van der Waals surface area contributed by atoms with E-state index in [-0.39, 0.29) is 52.3 Å². The number of thioether (sulfide) groups is 1. The van der Waals surface area contributed by atoms with Crippen molar-refractivity contribution in [2.24, 2.45) is 5.16 Å². The van der Waals surface area contributed by atoms with Gasteiger partial charge in [-0.25, -0.2) is 38.4 Å². The maximum absolute atomic E-state index is 15.5. The molecule has 1 saturated heterocycles. The fourth-order valence-corrected chi connectivity index (χ4v) is 7.54. The number of hydrogen-bond donors (Lipinski definition) is 5. The largest absolute Gasteiger partial charge is 0.478 e. The number of halogens is 1. The number of aromatic nitrogens is 3. The minimum atomic E-state index is -1.82. The summed E-state index contributed by atoms with van der Waals surface area (Å²) >= 11 is 2.20. The number of oxime groups is 1. The molecule has 5 heterocycles. The van der Waals surface area contributed by atoms with Gasteiger partial charge in [0.05, 0.1) is 25.4 Å². The number of nitrogen functional groups attached to an aromatic ring is 1. The van der Waals surface area contributed by atoms with E-state index < -0.39 is 64.0 Å². The van der Waals surface area contributed by atoms with Crippen molar-refractivity contribution in [2.45, 2.75) is 43.8 Å². The summed E-state index contributed by atoms with van der Waals surface area (Å²) in [7, 11) is 1.25. The Morgan fingerprint density at radius 3 is 2.64 bits per heavy atom. The second kappa shape index (κ2) is 15.8. The van der Waals surface area contributed by atoms with Crippen LogP contribution in [0.2, 0.25) is 0 Å². The van der Waals surface area contributed by atoms with Crippen molar-refractivity contribution in [3.63, 3.8) is 0 Å².